The summed E-state index contributed by atoms with van der Waals surface area (Å²) < 4.78 is 15.6. The number of carbonyl (C=O) groups excluding carboxylic acids is 1. The van der Waals surface area contributed by atoms with Crippen molar-refractivity contribution < 1.29 is 23.8 Å². The number of hydrogen-bond acceptors (Lipinski definition) is 6. The molecular formula is C19H19NO5. The first-order chi connectivity index (χ1) is 12.1. The second-order valence-electron chi connectivity index (χ2n) is 5.65. The molecule has 0 radical (unpaired) electrons. The van der Waals surface area contributed by atoms with Crippen LogP contribution < -0.4 is 9.47 Å². The van der Waals surface area contributed by atoms with E-state index in [2.05, 4.69) is 4.98 Å². The second kappa shape index (κ2) is 7.25. The van der Waals surface area contributed by atoms with Crippen LogP contribution in [0.25, 0.3) is 11.1 Å². The maximum Gasteiger partial charge on any atom is 0.181 e. The predicted molar refractivity (Wildman–Crippen MR) is 92.5 cm³/mol. The zero-order valence-corrected chi connectivity index (χ0v) is 14.1. The maximum atomic E-state index is 12.5. The molecule has 0 fully saturated rings. The Hall–Kier alpha value is -3.02. The highest BCUT2D eigenvalue weighted by molar-refractivity contribution is 6.01. The van der Waals surface area contributed by atoms with E-state index in [0.29, 0.717) is 24.3 Å². The molecule has 1 aromatic heterocycles. The van der Waals surface area contributed by atoms with Crippen LogP contribution in [0.4, 0.5) is 0 Å². The van der Waals surface area contributed by atoms with E-state index < -0.39 is 0 Å². The number of phenolic OH excluding ortho intramolecular Hbond substituents is 1. The summed E-state index contributed by atoms with van der Waals surface area (Å²) in [7, 11) is 2.94. The molecule has 6 nitrogen and oxygen atoms in total. The molecule has 3 aromatic rings. The van der Waals surface area contributed by atoms with Crippen LogP contribution in [0, 0.1) is 0 Å². The number of ketones is 1. The number of phenols is 1. The van der Waals surface area contributed by atoms with E-state index >= 15 is 0 Å². The third-order valence-electron chi connectivity index (χ3n) is 4.05. The van der Waals surface area contributed by atoms with E-state index in [9.17, 15) is 9.90 Å². The average molecular weight is 341 g/mol. The Morgan fingerprint density at radius 3 is 2.80 bits per heavy atom. The van der Waals surface area contributed by atoms with E-state index in [4.69, 9.17) is 13.9 Å². The molecule has 0 spiro atoms. The molecule has 0 aliphatic rings. The predicted octanol–water partition coefficient (Wildman–Crippen LogP) is 3.76. The fourth-order valence-electron chi connectivity index (χ4n) is 2.77. The van der Waals surface area contributed by atoms with Gasteiger partial charge in [0.2, 0.25) is 0 Å². The summed E-state index contributed by atoms with van der Waals surface area (Å²) in [5, 5.41) is 10.1. The average Bonchev–Trinajstić information content (AvgIpc) is 3.08. The van der Waals surface area contributed by atoms with Crippen LogP contribution in [0.2, 0.25) is 0 Å². The molecule has 3 rings (SSSR count). The van der Waals surface area contributed by atoms with E-state index in [-0.39, 0.29) is 17.1 Å². The third-order valence-corrected chi connectivity index (χ3v) is 4.05. The molecule has 0 aliphatic heterocycles. The molecule has 2 aromatic carbocycles. The van der Waals surface area contributed by atoms with Crippen molar-refractivity contribution in [3.63, 3.8) is 0 Å². The first kappa shape index (κ1) is 16.8. The number of aromatic hydroxyl groups is 1. The van der Waals surface area contributed by atoms with Gasteiger partial charge >= 0.3 is 0 Å². The standard InChI is InChI=1S/C19H19NO5/c1-23-13-9-16(22)19(18(10-13)24-2)15(21)5-3-4-12-6-7-14-17(8-12)25-11-20-14/h6-11,22H,3-5H2,1-2H3. The number of methoxy groups -OCH3 is 2. The fraction of sp³-hybridized carbons (Fsp3) is 0.263. The van der Waals surface area contributed by atoms with Gasteiger partial charge in [-0.1, -0.05) is 6.07 Å². The number of ether oxygens (including phenoxy) is 2. The Morgan fingerprint density at radius 1 is 1.20 bits per heavy atom. The van der Waals surface area contributed by atoms with Crippen LogP contribution in [-0.4, -0.2) is 30.1 Å². The summed E-state index contributed by atoms with van der Waals surface area (Å²) in [5.41, 5.74) is 2.81. The molecular weight excluding hydrogens is 322 g/mol. The first-order valence-electron chi connectivity index (χ1n) is 7.92. The lowest BCUT2D eigenvalue weighted by molar-refractivity contribution is 0.0974. The lowest BCUT2D eigenvalue weighted by atomic mass is 10.0. The van der Waals surface area contributed by atoms with Gasteiger partial charge in [0.25, 0.3) is 0 Å². The van der Waals surface area contributed by atoms with Crippen molar-refractivity contribution in [1.82, 2.24) is 4.98 Å². The minimum absolute atomic E-state index is 0.135. The van der Waals surface area contributed by atoms with Gasteiger partial charge in [0.15, 0.2) is 17.8 Å². The fourth-order valence-corrected chi connectivity index (χ4v) is 2.77. The van der Waals surface area contributed by atoms with Crippen molar-refractivity contribution in [2.45, 2.75) is 19.3 Å². The molecule has 0 amide bonds. The van der Waals surface area contributed by atoms with Gasteiger partial charge in [0.1, 0.15) is 28.3 Å². The van der Waals surface area contributed by atoms with Crippen LogP contribution >= 0.6 is 0 Å². The number of aryl methyl sites for hydroxylation is 1. The highest BCUT2D eigenvalue weighted by atomic mass is 16.5. The number of aromatic nitrogens is 1. The van der Waals surface area contributed by atoms with Gasteiger partial charge in [-0.25, -0.2) is 4.98 Å². The topological polar surface area (TPSA) is 81.8 Å². The largest absolute Gasteiger partial charge is 0.507 e. The van der Waals surface area contributed by atoms with Crippen molar-refractivity contribution in [2.24, 2.45) is 0 Å². The number of hydrogen-bond donors (Lipinski definition) is 1. The van der Waals surface area contributed by atoms with Crippen LogP contribution in [0.3, 0.4) is 0 Å². The molecule has 0 bridgehead atoms. The summed E-state index contributed by atoms with van der Waals surface area (Å²) in [6.45, 7) is 0. The molecule has 0 aliphatic carbocycles. The second-order valence-corrected chi connectivity index (χ2v) is 5.65. The lowest BCUT2D eigenvalue weighted by Gasteiger charge is -2.11. The van der Waals surface area contributed by atoms with Crippen LogP contribution in [0.15, 0.2) is 41.1 Å². The van der Waals surface area contributed by atoms with Gasteiger partial charge in [0, 0.05) is 18.6 Å². The minimum Gasteiger partial charge on any atom is -0.507 e. The summed E-state index contributed by atoms with van der Waals surface area (Å²) in [6.07, 6.45) is 3.08. The first-order valence-corrected chi connectivity index (χ1v) is 7.92. The zero-order valence-electron chi connectivity index (χ0n) is 14.1. The Bertz CT molecular complexity index is 900. The highest BCUT2D eigenvalue weighted by Gasteiger charge is 2.19. The van der Waals surface area contributed by atoms with Gasteiger partial charge in [-0.2, -0.15) is 0 Å². The lowest BCUT2D eigenvalue weighted by Crippen LogP contribution is -2.04. The van der Waals surface area contributed by atoms with Gasteiger partial charge in [-0.05, 0) is 30.5 Å². The van der Waals surface area contributed by atoms with E-state index in [0.717, 1.165) is 23.1 Å². The van der Waals surface area contributed by atoms with Gasteiger partial charge < -0.3 is 19.0 Å². The van der Waals surface area contributed by atoms with Crippen molar-refractivity contribution in [1.29, 1.82) is 0 Å². The monoisotopic (exact) mass is 341 g/mol. The van der Waals surface area contributed by atoms with Gasteiger partial charge in [-0.15, -0.1) is 0 Å². The normalized spacial score (nSPS) is 10.8. The van der Waals surface area contributed by atoms with Crippen LogP contribution in [0.5, 0.6) is 17.2 Å². The van der Waals surface area contributed by atoms with Crippen molar-refractivity contribution >= 4 is 16.9 Å². The molecule has 0 atom stereocenters. The SMILES string of the molecule is COc1cc(O)c(C(=O)CCCc2ccc3ncoc3c2)c(OC)c1. The number of nitrogens with zero attached hydrogens (tertiary/aromatic N) is 1. The van der Waals surface area contributed by atoms with E-state index in [1.807, 2.05) is 18.2 Å². The summed E-state index contributed by atoms with van der Waals surface area (Å²) >= 11 is 0. The third kappa shape index (κ3) is 3.57. The quantitative estimate of drug-likeness (QED) is 0.659. The number of benzene rings is 2. The Morgan fingerprint density at radius 2 is 2.04 bits per heavy atom. The molecule has 1 heterocycles. The number of carbonyl (C=O) groups is 1. The molecule has 6 heteroatoms. The summed E-state index contributed by atoms with van der Waals surface area (Å²) in [6, 6.07) is 8.80. The smallest absolute Gasteiger partial charge is 0.181 e. The van der Waals surface area contributed by atoms with E-state index in [1.165, 1.54) is 26.7 Å². The highest BCUT2D eigenvalue weighted by Crippen LogP contribution is 2.34. The Kier molecular flexibility index (Phi) is 4.88. The van der Waals surface area contributed by atoms with Crippen molar-refractivity contribution in [3.8, 4) is 17.2 Å². The molecule has 1 N–H and O–H groups in total. The number of oxazole rings is 1. The number of fused-ring (bicyclic) bond motifs is 1. The van der Waals surface area contributed by atoms with E-state index in [1.54, 1.807) is 6.07 Å². The molecule has 0 saturated carbocycles. The molecule has 25 heavy (non-hydrogen) atoms. The molecule has 0 saturated heterocycles. The summed E-state index contributed by atoms with van der Waals surface area (Å²) in [4.78, 5) is 16.6. The van der Waals surface area contributed by atoms with Gasteiger partial charge in [0.05, 0.1) is 14.2 Å². The molecule has 130 valence electrons. The minimum atomic E-state index is -0.169. The molecule has 0 unspecified atom stereocenters. The maximum absolute atomic E-state index is 12.5. The zero-order chi connectivity index (χ0) is 17.8. The Balaban J connectivity index is 1.68. The van der Waals surface area contributed by atoms with Crippen molar-refractivity contribution in [3.05, 3.63) is 47.9 Å². The van der Waals surface area contributed by atoms with Gasteiger partial charge in [-0.3, -0.25) is 4.79 Å². The number of Topliss-reactive ketones (excluding diaryl/α,β-unsaturated/α-hetero) is 1. The Labute approximate surface area is 145 Å². The number of rotatable bonds is 7. The summed E-state index contributed by atoms with van der Waals surface area (Å²) in [5.74, 6) is 0.443. The van der Waals surface area contributed by atoms with Crippen LogP contribution in [-0.2, 0) is 6.42 Å². The van der Waals surface area contributed by atoms with Crippen molar-refractivity contribution in [2.75, 3.05) is 14.2 Å². The van der Waals surface area contributed by atoms with Crippen LogP contribution in [0.1, 0.15) is 28.8 Å².